The largest absolute Gasteiger partial charge is 0.484 e. The van der Waals surface area contributed by atoms with Crippen molar-refractivity contribution in [1.29, 1.82) is 0 Å². The monoisotopic (exact) mass is 451 g/mol. The Balaban J connectivity index is 1.76. The van der Waals surface area contributed by atoms with Crippen molar-refractivity contribution < 1.29 is 27.5 Å². The molecule has 7 nitrogen and oxygen atoms in total. The van der Waals surface area contributed by atoms with Crippen LogP contribution in [-0.4, -0.2) is 39.3 Å². The van der Waals surface area contributed by atoms with Crippen LogP contribution >= 0.6 is 11.3 Å². The van der Waals surface area contributed by atoms with E-state index in [1.54, 1.807) is 13.0 Å². The van der Waals surface area contributed by atoms with Gasteiger partial charge in [0.05, 0.1) is 23.7 Å². The summed E-state index contributed by atoms with van der Waals surface area (Å²) < 4.78 is 34.7. The zero-order valence-electron chi connectivity index (χ0n) is 17.2. The number of fused-ring (bicyclic) bond motifs is 1. The molecule has 9 heteroatoms. The highest BCUT2D eigenvalue weighted by Gasteiger charge is 2.32. The predicted octanol–water partition coefficient (Wildman–Crippen LogP) is 3.54. The van der Waals surface area contributed by atoms with Crippen molar-refractivity contribution in [1.82, 2.24) is 0 Å². The summed E-state index contributed by atoms with van der Waals surface area (Å²) in [5.74, 6) is -0.228. The fraction of sp³-hybridized carbons (Fsp3) is 0.429. The number of carbonyl (C=O) groups is 2. The van der Waals surface area contributed by atoms with Crippen LogP contribution in [0.2, 0.25) is 0 Å². The second-order valence-electron chi connectivity index (χ2n) is 7.33. The maximum absolute atomic E-state index is 12.5. The Morgan fingerprint density at radius 3 is 2.73 bits per heavy atom. The highest BCUT2D eigenvalue weighted by Crippen LogP contribution is 2.38. The van der Waals surface area contributed by atoms with E-state index in [4.69, 9.17) is 9.47 Å². The van der Waals surface area contributed by atoms with Crippen LogP contribution in [0.25, 0.3) is 0 Å². The van der Waals surface area contributed by atoms with Gasteiger partial charge in [0.15, 0.2) is 16.4 Å². The first-order valence-corrected chi connectivity index (χ1v) is 12.4. The van der Waals surface area contributed by atoms with Gasteiger partial charge in [-0.15, -0.1) is 11.3 Å². The summed E-state index contributed by atoms with van der Waals surface area (Å²) in [5, 5.41) is 3.01. The molecule has 162 valence electrons. The van der Waals surface area contributed by atoms with Crippen LogP contribution in [0.15, 0.2) is 24.3 Å². The second kappa shape index (κ2) is 9.18. The molecule has 3 rings (SSSR count). The summed E-state index contributed by atoms with van der Waals surface area (Å²) in [7, 11) is -3.20. The van der Waals surface area contributed by atoms with E-state index >= 15 is 0 Å². The van der Waals surface area contributed by atoms with Crippen LogP contribution in [0.1, 0.15) is 53.1 Å². The summed E-state index contributed by atoms with van der Waals surface area (Å²) in [4.78, 5) is 25.5. The van der Waals surface area contributed by atoms with E-state index in [2.05, 4.69) is 19.2 Å². The van der Waals surface area contributed by atoms with Gasteiger partial charge >= 0.3 is 5.97 Å². The zero-order valence-corrected chi connectivity index (χ0v) is 18.8. The molecule has 0 atom stereocenters. The first-order chi connectivity index (χ1) is 14.2. The minimum atomic E-state index is -3.20. The Morgan fingerprint density at radius 1 is 1.27 bits per heavy atom. The number of hydrogen-bond acceptors (Lipinski definition) is 7. The van der Waals surface area contributed by atoms with E-state index in [1.165, 1.54) is 0 Å². The quantitative estimate of drug-likeness (QED) is 0.647. The van der Waals surface area contributed by atoms with Gasteiger partial charge in [-0.3, -0.25) is 4.79 Å². The lowest BCUT2D eigenvalue weighted by atomic mass is 10.0. The van der Waals surface area contributed by atoms with E-state index < -0.39 is 21.7 Å². The van der Waals surface area contributed by atoms with Crippen molar-refractivity contribution in [2.24, 2.45) is 0 Å². The number of esters is 1. The highest BCUT2D eigenvalue weighted by atomic mass is 32.2. The third-order valence-electron chi connectivity index (χ3n) is 4.73. The minimum absolute atomic E-state index is 0.0220. The fourth-order valence-electron chi connectivity index (χ4n) is 3.20. The third-order valence-corrected chi connectivity index (χ3v) is 7.62. The molecule has 0 saturated heterocycles. The van der Waals surface area contributed by atoms with Crippen LogP contribution in [0.3, 0.4) is 0 Å². The Hall–Kier alpha value is -2.39. The van der Waals surface area contributed by atoms with Gasteiger partial charge in [0.25, 0.3) is 5.91 Å². The molecule has 1 aromatic carbocycles. The maximum Gasteiger partial charge on any atom is 0.341 e. The number of amides is 1. The molecule has 0 bridgehead atoms. The molecule has 2 heterocycles. The summed E-state index contributed by atoms with van der Waals surface area (Å²) in [6.07, 6.45) is 0.233. The Labute approximate surface area is 180 Å². The van der Waals surface area contributed by atoms with Gasteiger partial charge in [0.1, 0.15) is 10.8 Å². The van der Waals surface area contributed by atoms with Crippen molar-refractivity contribution in [3.63, 3.8) is 0 Å². The average molecular weight is 452 g/mol. The van der Waals surface area contributed by atoms with Gasteiger partial charge in [0, 0.05) is 4.88 Å². The molecule has 0 aliphatic carbocycles. The second-order valence-corrected chi connectivity index (χ2v) is 10.6. The Morgan fingerprint density at radius 2 is 2.03 bits per heavy atom. The van der Waals surface area contributed by atoms with E-state index in [0.717, 1.165) is 16.9 Å². The summed E-state index contributed by atoms with van der Waals surface area (Å²) in [6.45, 7) is 5.79. The lowest BCUT2D eigenvalue weighted by molar-refractivity contribution is -0.118. The van der Waals surface area contributed by atoms with Crippen molar-refractivity contribution in [2.75, 3.05) is 24.3 Å². The Kier molecular flexibility index (Phi) is 6.82. The summed E-state index contributed by atoms with van der Waals surface area (Å²) in [6, 6.07) is 7.53. The molecule has 0 saturated carbocycles. The normalized spacial score (nSPS) is 14.8. The summed E-state index contributed by atoms with van der Waals surface area (Å²) in [5.41, 5.74) is 2.00. The lowest BCUT2D eigenvalue weighted by Gasteiger charge is -2.13. The van der Waals surface area contributed by atoms with Gasteiger partial charge in [-0.05, 0) is 42.5 Å². The molecule has 30 heavy (non-hydrogen) atoms. The number of rotatable bonds is 7. The van der Waals surface area contributed by atoms with E-state index in [1.807, 2.05) is 18.2 Å². The van der Waals surface area contributed by atoms with E-state index in [0.29, 0.717) is 27.1 Å². The minimum Gasteiger partial charge on any atom is -0.484 e. The van der Waals surface area contributed by atoms with Crippen molar-refractivity contribution in [2.45, 2.75) is 38.9 Å². The van der Waals surface area contributed by atoms with Gasteiger partial charge in [-0.1, -0.05) is 26.0 Å². The standard InChI is InChI=1S/C21H25NO6S2/c1-4-27-21(24)19-16-8-9-30(25,26)12-17(16)29-20(19)22-18(23)11-28-15-7-5-6-14(10-15)13(2)3/h5-7,10,13H,4,8-9,11-12H2,1-3H3,(H,22,23). The average Bonchev–Trinajstić information content (AvgIpc) is 3.02. The van der Waals surface area contributed by atoms with Crippen LogP contribution < -0.4 is 10.1 Å². The molecule has 2 aromatic rings. The Bertz CT molecular complexity index is 1060. The molecule has 0 fully saturated rings. The first-order valence-electron chi connectivity index (χ1n) is 9.75. The lowest BCUT2D eigenvalue weighted by Crippen LogP contribution is -2.22. The number of nitrogens with one attached hydrogen (secondary N) is 1. The molecule has 0 radical (unpaired) electrons. The number of thiophene rings is 1. The molecule has 0 unspecified atom stereocenters. The van der Waals surface area contributed by atoms with Crippen LogP contribution in [-0.2, 0) is 31.5 Å². The van der Waals surface area contributed by atoms with Crippen LogP contribution in [0.4, 0.5) is 5.00 Å². The third kappa shape index (κ3) is 5.20. The zero-order chi connectivity index (χ0) is 21.9. The molecule has 1 amide bonds. The fourth-order valence-corrected chi connectivity index (χ4v) is 6.26. The molecular formula is C21H25NO6S2. The van der Waals surface area contributed by atoms with E-state index in [-0.39, 0.29) is 36.7 Å². The predicted molar refractivity (Wildman–Crippen MR) is 116 cm³/mol. The van der Waals surface area contributed by atoms with Gasteiger partial charge in [-0.2, -0.15) is 0 Å². The van der Waals surface area contributed by atoms with E-state index in [9.17, 15) is 18.0 Å². The van der Waals surface area contributed by atoms with Crippen LogP contribution in [0, 0.1) is 0 Å². The molecule has 1 aromatic heterocycles. The number of carbonyl (C=O) groups excluding carboxylic acids is 2. The molecule has 1 aliphatic rings. The van der Waals surface area contributed by atoms with Crippen molar-refractivity contribution >= 4 is 38.1 Å². The molecule has 1 aliphatic heterocycles. The molecule has 1 N–H and O–H groups in total. The number of sulfone groups is 1. The first kappa shape index (κ1) is 22.3. The number of benzene rings is 1. The smallest absolute Gasteiger partial charge is 0.341 e. The number of ether oxygens (including phenoxy) is 2. The molecular weight excluding hydrogens is 426 g/mol. The van der Waals surface area contributed by atoms with Gasteiger partial charge in [-0.25, -0.2) is 13.2 Å². The number of hydrogen-bond donors (Lipinski definition) is 1. The topological polar surface area (TPSA) is 98.8 Å². The SMILES string of the molecule is CCOC(=O)c1c(NC(=O)COc2cccc(C(C)C)c2)sc2c1CCS(=O)(=O)C2. The van der Waals surface area contributed by atoms with Crippen molar-refractivity contribution in [3.8, 4) is 5.75 Å². The summed E-state index contributed by atoms with van der Waals surface area (Å²) >= 11 is 1.11. The van der Waals surface area contributed by atoms with Gasteiger partial charge < -0.3 is 14.8 Å². The molecule has 0 spiro atoms. The number of anilines is 1. The van der Waals surface area contributed by atoms with Gasteiger partial charge in [0.2, 0.25) is 0 Å². The highest BCUT2D eigenvalue weighted by molar-refractivity contribution is 7.90. The maximum atomic E-state index is 12.5. The van der Waals surface area contributed by atoms with Crippen molar-refractivity contribution in [3.05, 3.63) is 45.8 Å². The van der Waals surface area contributed by atoms with Crippen LogP contribution in [0.5, 0.6) is 5.75 Å².